The van der Waals surface area contributed by atoms with Gasteiger partial charge in [0.15, 0.2) is 5.11 Å². The molecule has 0 unspecified atom stereocenters. The highest BCUT2D eigenvalue weighted by molar-refractivity contribution is 7.80. The van der Waals surface area contributed by atoms with Crippen LogP contribution in [0.4, 0.5) is 0 Å². The molecular formula is C14H29N3S. The zero-order chi connectivity index (χ0) is 13.8. The first-order valence-electron chi connectivity index (χ1n) is 7.05. The third kappa shape index (κ3) is 5.53. The van der Waals surface area contributed by atoms with Crippen LogP contribution in [0.5, 0.6) is 0 Å². The van der Waals surface area contributed by atoms with Crippen molar-refractivity contribution in [2.45, 2.75) is 65.0 Å². The Morgan fingerprint density at radius 1 is 1.17 bits per heavy atom. The lowest BCUT2D eigenvalue weighted by atomic mass is 9.75. The Kier molecular flexibility index (Phi) is 5.41. The zero-order valence-electron chi connectivity index (χ0n) is 12.5. The van der Waals surface area contributed by atoms with E-state index in [1.165, 1.54) is 19.3 Å². The average Bonchev–Trinajstić information content (AvgIpc) is 2.12. The van der Waals surface area contributed by atoms with Crippen LogP contribution in [0.25, 0.3) is 0 Å². The van der Waals surface area contributed by atoms with Crippen LogP contribution in [0.2, 0.25) is 0 Å². The molecule has 4 heteroatoms. The standard InChI is InChI=1S/C14H29N3S/c1-6-15-12(18)16-8-7-11-9-13(2,3)17-14(4,5)10-11/h11,17H,6-10H2,1-5H3,(H2,15,16,18). The topological polar surface area (TPSA) is 36.1 Å². The number of piperidine rings is 1. The van der Waals surface area contributed by atoms with Crippen molar-refractivity contribution in [3.8, 4) is 0 Å². The second kappa shape index (κ2) is 6.20. The number of rotatable bonds is 4. The Bertz CT molecular complexity index is 271. The van der Waals surface area contributed by atoms with Gasteiger partial charge < -0.3 is 16.0 Å². The molecule has 0 spiro atoms. The van der Waals surface area contributed by atoms with Crippen molar-refractivity contribution in [2.75, 3.05) is 13.1 Å². The molecule has 0 atom stereocenters. The molecule has 0 amide bonds. The lowest BCUT2D eigenvalue weighted by Gasteiger charge is -2.46. The van der Waals surface area contributed by atoms with E-state index >= 15 is 0 Å². The quantitative estimate of drug-likeness (QED) is 0.686. The summed E-state index contributed by atoms with van der Waals surface area (Å²) in [6.07, 6.45) is 3.68. The lowest BCUT2D eigenvalue weighted by Crippen LogP contribution is -2.58. The molecule has 0 saturated carbocycles. The van der Waals surface area contributed by atoms with Crippen molar-refractivity contribution in [3.05, 3.63) is 0 Å². The molecule has 0 bridgehead atoms. The van der Waals surface area contributed by atoms with Gasteiger partial charge in [0.25, 0.3) is 0 Å². The lowest BCUT2D eigenvalue weighted by molar-refractivity contribution is 0.124. The van der Waals surface area contributed by atoms with Crippen molar-refractivity contribution in [2.24, 2.45) is 5.92 Å². The molecule has 1 rings (SSSR count). The molecule has 0 aromatic rings. The average molecular weight is 271 g/mol. The van der Waals surface area contributed by atoms with Gasteiger partial charge in [-0.25, -0.2) is 0 Å². The Morgan fingerprint density at radius 3 is 2.22 bits per heavy atom. The van der Waals surface area contributed by atoms with Gasteiger partial charge in [-0.2, -0.15) is 0 Å². The van der Waals surface area contributed by atoms with Crippen LogP contribution >= 0.6 is 12.2 Å². The summed E-state index contributed by atoms with van der Waals surface area (Å²) >= 11 is 5.18. The molecular weight excluding hydrogens is 242 g/mol. The van der Waals surface area contributed by atoms with Gasteiger partial charge in [0.05, 0.1) is 0 Å². The fraction of sp³-hybridized carbons (Fsp3) is 0.929. The third-order valence-electron chi connectivity index (χ3n) is 3.45. The maximum atomic E-state index is 5.18. The maximum Gasteiger partial charge on any atom is 0.166 e. The SMILES string of the molecule is CCNC(=S)NCCC1CC(C)(C)NC(C)(C)C1. The Labute approximate surface area is 117 Å². The van der Waals surface area contributed by atoms with Gasteiger partial charge in [-0.15, -0.1) is 0 Å². The summed E-state index contributed by atoms with van der Waals surface area (Å²) < 4.78 is 0. The number of nitrogens with one attached hydrogen (secondary N) is 3. The van der Waals surface area contributed by atoms with Gasteiger partial charge in [0.2, 0.25) is 0 Å². The molecule has 106 valence electrons. The minimum absolute atomic E-state index is 0.245. The van der Waals surface area contributed by atoms with Gasteiger partial charge in [0.1, 0.15) is 0 Å². The number of thiocarbonyl (C=S) groups is 1. The fourth-order valence-corrected chi connectivity index (χ4v) is 3.60. The van der Waals surface area contributed by atoms with Crippen molar-refractivity contribution < 1.29 is 0 Å². The van der Waals surface area contributed by atoms with Crippen molar-refractivity contribution in [1.82, 2.24) is 16.0 Å². The predicted octanol–water partition coefficient (Wildman–Crippen LogP) is 2.42. The van der Waals surface area contributed by atoms with E-state index in [-0.39, 0.29) is 11.1 Å². The van der Waals surface area contributed by atoms with E-state index in [9.17, 15) is 0 Å². The normalized spacial score (nSPS) is 22.5. The molecule has 1 heterocycles. The summed E-state index contributed by atoms with van der Waals surface area (Å²) in [7, 11) is 0. The Hall–Kier alpha value is -0.350. The number of hydrogen-bond donors (Lipinski definition) is 3. The summed E-state index contributed by atoms with van der Waals surface area (Å²) in [4.78, 5) is 0. The second-order valence-corrected chi connectivity index (χ2v) is 7.15. The first kappa shape index (κ1) is 15.7. The highest BCUT2D eigenvalue weighted by Crippen LogP contribution is 2.34. The molecule has 1 saturated heterocycles. The van der Waals surface area contributed by atoms with Crippen LogP contribution in [0.15, 0.2) is 0 Å². The first-order chi connectivity index (χ1) is 8.24. The summed E-state index contributed by atoms with van der Waals surface area (Å²) in [5, 5.41) is 10.9. The summed E-state index contributed by atoms with van der Waals surface area (Å²) in [6, 6.07) is 0. The molecule has 0 aromatic carbocycles. The van der Waals surface area contributed by atoms with E-state index < -0.39 is 0 Å². The Morgan fingerprint density at radius 2 is 1.72 bits per heavy atom. The zero-order valence-corrected chi connectivity index (χ0v) is 13.3. The van der Waals surface area contributed by atoms with E-state index in [1.54, 1.807) is 0 Å². The van der Waals surface area contributed by atoms with Crippen LogP contribution in [-0.4, -0.2) is 29.3 Å². The van der Waals surface area contributed by atoms with Gasteiger partial charge >= 0.3 is 0 Å². The highest BCUT2D eigenvalue weighted by Gasteiger charge is 2.37. The largest absolute Gasteiger partial charge is 0.363 e. The van der Waals surface area contributed by atoms with Gasteiger partial charge in [-0.3, -0.25) is 0 Å². The molecule has 1 aliphatic rings. The van der Waals surface area contributed by atoms with Crippen molar-refractivity contribution in [1.29, 1.82) is 0 Å². The summed E-state index contributed by atoms with van der Waals surface area (Å²) in [5.41, 5.74) is 0.489. The monoisotopic (exact) mass is 271 g/mol. The fourth-order valence-electron chi connectivity index (χ4n) is 3.35. The van der Waals surface area contributed by atoms with Crippen molar-refractivity contribution in [3.63, 3.8) is 0 Å². The van der Waals surface area contributed by atoms with Gasteiger partial charge in [-0.1, -0.05) is 0 Å². The highest BCUT2D eigenvalue weighted by atomic mass is 32.1. The molecule has 3 nitrogen and oxygen atoms in total. The number of hydrogen-bond acceptors (Lipinski definition) is 2. The van der Waals surface area contributed by atoms with Gasteiger partial charge in [-0.05, 0) is 72.0 Å². The summed E-state index contributed by atoms with van der Waals surface area (Å²) in [6.45, 7) is 13.1. The molecule has 0 aliphatic carbocycles. The molecule has 1 aliphatic heterocycles. The molecule has 0 aromatic heterocycles. The second-order valence-electron chi connectivity index (χ2n) is 6.74. The van der Waals surface area contributed by atoms with Crippen LogP contribution < -0.4 is 16.0 Å². The van der Waals surface area contributed by atoms with E-state index in [0.717, 1.165) is 24.1 Å². The molecule has 0 radical (unpaired) electrons. The first-order valence-corrected chi connectivity index (χ1v) is 7.46. The van der Waals surface area contributed by atoms with Crippen LogP contribution in [-0.2, 0) is 0 Å². The van der Waals surface area contributed by atoms with Crippen LogP contribution in [0, 0.1) is 5.92 Å². The molecule has 1 fully saturated rings. The van der Waals surface area contributed by atoms with E-state index in [0.29, 0.717) is 0 Å². The molecule has 18 heavy (non-hydrogen) atoms. The van der Waals surface area contributed by atoms with Crippen LogP contribution in [0.1, 0.15) is 53.9 Å². The van der Waals surface area contributed by atoms with Crippen LogP contribution in [0.3, 0.4) is 0 Å². The van der Waals surface area contributed by atoms with Gasteiger partial charge in [0, 0.05) is 24.2 Å². The molecule has 3 N–H and O–H groups in total. The Balaban J connectivity index is 2.36. The van der Waals surface area contributed by atoms with E-state index in [4.69, 9.17) is 12.2 Å². The smallest absolute Gasteiger partial charge is 0.166 e. The summed E-state index contributed by atoms with van der Waals surface area (Å²) in [5.74, 6) is 0.771. The maximum absolute atomic E-state index is 5.18. The minimum Gasteiger partial charge on any atom is -0.363 e. The van der Waals surface area contributed by atoms with Crippen molar-refractivity contribution >= 4 is 17.3 Å². The minimum atomic E-state index is 0.245. The van der Waals surface area contributed by atoms with E-state index in [1.807, 2.05) is 0 Å². The van der Waals surface area contributed by atoms with E-state index in [2.05, 4.69) is 50.6 Å². The predicted molar refractivity (Wildman–Crippen MR) is 82.9 cm³/mol. The third-order valence-corrected chi connectivity index (χ3v) is 3.74.